The van der Waals surface area contributed by atoms with Crippen molar-refractivity contribution >= 4 is 17.0 Å². The maximum absolute atomic E-state index is 14.6. The molecule has 2 fully saturated rings. The average molecular weight is 455 g/mol. The molecule has 0 spiro atoms. The van der Waals surface area contributed by atoms with Gasteiger partial charge in [-0.05, 0) is 24.8 Å². The number of nitrogens with zero attached hydrogens (tertiary/aromatic N) is 5. The number of benzene rings is 1. The average Bonchev–Trinajstić information content (AvgIpc) is 3.56. The van der Waals surface area contributed by atoms with Crippen molar-refractivity contribution in [2.24, 2.45) is 13.0 Å². The molecular formula is C20H18F5N5O2. The summed E-state index contributed by atoms with van der Waals surface area (Å²) in [6.45, 7) is 1.73. The van der Waals surface area contributed by atoms with Gasteiger partial charge in [-0.1, -0.05) is 0 Å². The molecule has 32 heavy (non-hydrogen) atoms. The van der Waals surface area contributed by atoms with E-state index in [4.69, 9.17) is 4.74 Å². The van der Waals surface area contributed by atoms with Crippen molar-refractivity contribution in [1.29, 1.82) is 0 Å². The topological polar surface area (TPSA) is 76.3 Å². The molecule has 0 amide bonds. The second kappa shape index (κ2) is 7.26. The zero-order valence-corrected chi connectivity index (χ0v) is 16.8. The van der Waals surface area contributed by atoms with Gasteiger partial charge in [0.1, 0.15) is 5.69 Å². The van der Waals surface area contributed by atoms with Crippen LogP contribution in [0.3, 0.4) is 0 Å². The summed E-state index contributed by atoms with van der Waals surface area (Å²) < 4.78 is 75.1. The normalized spacial score (nSPS) is 19.7. The Morgan fingerprint density at radius 3 is 2.62 bits per heavy atom. The van der Waals surface area contributed by atoms with Crippen molar-refractivity contribution in [3.8, 4) is 17.0 Å². The summed E-state index contributed by atoms with van der Waals surface area (Å²) >= 11 is 0. The number of halogens is 5. The Bertz CT molecular complexity index is 1210. The number of phenolic OH excluding ortho intramolecular Hbond substituents is 1. The van der Waals surface area contributed by atoms with Crippen molar-refractivity contribution < 1.29 is 31.8 Å². The molecule has 1 aliphatic carbocycles. The van der Waals surface area contributed by atoms with Gasteiger partial charge >= 0.3 is 6.18 Å². The number of aromatic nitrogens is 4. The molecule has 2 aromatic heterocycles. The molecular weight excluding hydrogens is 437 g/mol. The summed E-state index contributed by atoms with van der Waals surface area (Å²) in [6.07, 6.45) is -1.44. The number of hydrogen-bond acceptors (Lipinski definition) is 6. The molecule has 5 rings (SSSR count). The number of morpholine rings is 1. The maximum atomic E-state index is 14.6. The van der Waals surface area contributed by atoms with Crippen LogP contribution in [0, 0.1) is 17.6 Å². The van der Waals surface area contributed by atoms with E-state index < -0.39 is 34.7 Å². The van der Waals surface area contributed by atoms with E-state index in [9.17, 15) is 27.1 Å². The quantitative estimate of drug-likeness (QED) is 0.608. The molecule has 3 heterocycles. The lowest BCUT2D eigenvalue weighted by atomic mass is 10.0. The highest BCUT2D eigenvalue weighted by molar-refractivity contribution is 5.91. The number of aryl methyl sites for hydroxylation is 1. The van der Waals surface area contributed by atoms with Crippen LogP contribution in [0.4, 0.5) is 27.9 Å². The minimum absolute atomic E-state index is 0.0993. The maximum Gasteiger partial charge on any atom is 0.419 e. The Hall–Kier alpha value is -3.02. The van der Waals surface area contributed by atoms with Crippen molar-refractivity contribution in [3.05, 3.63) is 29.5 Å². The second-order valence-electron chi connectivity index (χ2n) is 8.02. The molecule has 1 aromatic carbocycles. The van der Waals surface area contributed by atoms with Crippen LogP contribution in [0.15, 0.2) is 12.3 Å². The van der Waals surface area contributed by atoms with E-state index in [1.165, 1.54) is 17.9 Å². The Kier molecular flexibility index (Phi) is 4.73. The summed E-state index contributed by atoms with van der Waals surface area (Å²) in [5.41, 5.74) is -2.46. The molecule has 1 N–H and O–H groups in total. The largest absolute Gasteiger partial charge is 0.503 e. The molecule has 1 aliphatic heterocycles. The zero-order valence-electron chi connectivity index (χ0n) is 16.8. The van der Waals surface area contributed by atoms with Gasteiger partial charge in [0.25, 0.3) is 0 Å². The van der Waals surface area contributed by atoms with Crippen LogP contribution < -0.4 is 4.90 Å². The molecule has 12 heteroatoms. The first-order valence-corrected chi connectivity index (χ1v) is 10.00. The van der Waals surface area contributed by atoms with Crippen molar-refractivity contribution in [2.75, 3.05) is 24.6 Å². The molecule has 1 saturated heterocycles. The van der Waals surface area contributed by atoms with Gasteiger partial charge in [0.15, 0.2) is 23.0 Å². The predicted molar refractivity (Wildman–Crippen MR) is 103 cm³/mol. The van der Waals surface area contributed by atoms with E-state index in [1.807, 2.05) is 4.90 Å². The number of hydrogen-bond donors (Lipinski definition) is 1. The number of ether oxygens (including phenoxy) is 1. The van der Waals surface area contributed by atoms with Gasteiger partial charge in [0.05, 0.1) is 23.7 Å². The van der Waals surface area contributed by atoms with E-state index in [0.29, 0.717) is 37.6 Å². The van der Waals surface area contributed by atoms with Gasteiger partial charge in [-0.3, -0.25) is 0 Å². The lowest BCUT2D eigenvalue weighted by Crippen LogP contribution is -2.44. The fourth-order valence-corrected chi connectivity index (χ4v) is 3.99. The summed E-state index contributed by atoms with van der Waals surface area (Å²) in [5, 5.41) is 13.9. The van der Waals surface area contributed by atoms with Crippen LogP contribution >= 0.6 is 0 Å². The zero-order chi connectivity index (χ0) is 22.8. The number of alkyl halides is 3. The van der Waals surface area contributed by atoms with Crippen LogP contribution in [0.2, 0.25) is 0 Å². The lowest BCUT2D eigenvalue weighted by molar-refractivity contribution is -0.140. The van der Waals surface area contributed by atoms with Crippen molar-refractivity contribution in [3.63, 3.8) is 0 Å². The highest BCUT2D eigenvalue weighted by Crippen LogP contribution is 2.41. The SMILES string of the molecule is Cn1nc(-c2cc(C(F)(F)F)c(F)c(O)c2F)c2cnc(N3CCOC(C4CC4)C3)nc21. The fraction of sp³-hybridized carbons (Fsp3) is 0.450. The lowest BCUT2D eigenvalue weighted by Gasteiger charge is -2.33. The van der Waals surface area contributed by atoms with Crippen molar-refractivity contribution in [2.45, 2.75) is 25.1 Å². The molecule has 3 aromatic rings. The Morgan fingerprint density at radius 1 is 1.19 bits per heavy atom. The third-order valence-electron chi connectivity index (χ3n) is 5.83. The molecule has 2 aliphatic rings. The third-order valence-corrected chi connectivity index (χ3v) is 5.83. The summed E-state index contributed by atoms with van der Waals surface area (Å²) in [5.74, 6) is -4.40. The van der Waals surface area contributed by atoms with Gasteiger partial charge in [0, 0.05) is 31.9 Å². The van der Waals surface area contributed by atoms with Crippen LogP contribution in [-0.2, 0) is 18.0 Å². The number of aromatic hydroxyl groups is 1. The molecule has 1 unspecified atom stereocenters. The van der Waals surface area contributed by atoms with Gasteiger partial charge in [-0.25, -0.2) is 18.4 Å². The Balaban J connectivity index is 1.58. The van der Waals surface area contributed by atoms with Crippen LogP contribution in [0.5, 0.6) is 5.75 Å². The first kappa shape index (κ1) is 20.9. The van der Waals surface area contributed by atoms with E-state index in [-0.39, 0.29) is 22.8 Å². The summed E-state index contributed by atoms with van der Waals surface area (Å²) in [4.78, 5) is 10.8. The minimum atomic E-state index is -5.13. The van der Waals surface area contributed by atoms with Crippen molar-refractivity contribution in [1.82, 2.24) is 19.7 Å². The molecule has 0 bridgehead atoms. The number of phenols is 1. The number of fused-ring (bicyclic) bond motifs is 1. The van der Waals surface area contributed by atoms with E-state index in [1.54, 1.807) is 0 Å². The van der Waals surface area contributed by atoms with Gasteiger partial charge in [-0.2, -0.15) is 23.3 Å². The van der Waals surface area contributed by atoms with Gasteiger partial charge in [0.2, 0.25) is 5.95 Å². The fourth-order valence-electron chi connectivity index (χ4n) is 3.99. The standard InChI is InChI=1S/C20H18F5N5O2/c1-29-18-11(7-26-19(27-18)30-4-5-32-13(8-30)9-2-3-9)16(28-29)10-6-12(20(23,24)25)15(22)17(31)14(10)21/h6-7,9,13,31H,2-5,8H2,1H3. The smallest absolute Gasteiger partial charge is 0.419 e. The van der Waals surface area contributed by atoms with Crippen LogP contribution in [0.25, 0.3) is 22.3 Å². The first-order valence-electron chi connectivity index (χ1n) is 10.00. The molecule has 1 saturated carbocycles. The monoisotopic (exact) mass is 455 g/mol. The van der Waals surface area contributed by atoms with E-state index in [0.717, 1.165) is 12.8 Å². The number of rotatable bonds is 3. The van der Waals surface area contributed by atoms with E-state index in [2.05, 4.69) is 15.1 Å². The Labute approximate surface area is 178 Å². The number of anilines is 1. The predicted octanol–water partition coefficient (Wildman–Crippen LogP) is 3.65. The first-order chi connectivity index (χ1) is 15.1. The molecule has 0 radical (unpaired) electrons. The Morgan fingerprint density at radius 2 is 1.94 bits per heavy atom. The molecule has 170 valence electrons. The van der Waals surface area contributed by atoms with E-state index >= 15 is 0 Å². The highest BCUT2D eigenvalue weighted by Gasteiger charge is 2.38. The third kappa shape index (κ3) is 3.42. The van der Waals surface area contributed by atoms with Gasteiger partial charge in [-0.15, -0.1) is 0 Å². The molecule has 7 nitrogen and oxygen atoms in total. The van der Waals surface area contributed by atoms with Gasteiger partial charge < -0.3 is 14.7 Å². The summed E-state index contributed by atoms with van der Waals surface area (Å²) in [7, 11) is 1.50. The highest BCUT2D eigenvalue weighted by atomic mass is 19.4. The van der Waals surface area contributed by atoms with Crippen LogP contribution in [-0.4, -0.2) is 50.7 Å². The summed E-state index contributed by atoms with van der Waals surface area (Å²) in [6, 6.07) is 0.294. The second-order valence-corrected chi connectivity index (χ2v) is 8.02. The molecule has 1 atom stereocenters. The van der Waals surface area contributed by atoms with Crippen LogP contribution in [0.1, 0.15) is 18.4 Å². The minimum Gasteiger partial charge on any atom is -0.503 e.